The number of aliphatic hydroxyl groups excluding tert-OH is 3. The molecule has 0 aliphatic carbocycles. The average molecular weight is 320 g/mol. The molecule has 1 fully saturated rings. The lowest BCUT2D eigenvalue weighted by molar-refractivity contribution is -0.227. The molecule has 0 saturated carbocycles. The first-order chi connectivity index (χ1) is 9.71. The monoisotopic (exact) mass is 319 g/mol. The summed E-state index contributed by atoms with van der Waals surface area (Å²) in [6, 6.07) is 0. The van der Waals surface area contributed by atoms with E-state index in [1.54, 1.807) is 0 Å². The van der Waals surface area contributed by atoms with Gasteiger partial charge in [0.2, 0.25) is 5.72 Å². The number of anilines is 1. The molecule has 1 aliphatic heterocycles. The van der Waals surface area contributed by atoms with Crippen LogP contribution in [-0.2, 0) is 10.5 Å². The maximum atomic E-state index is 14.2. The van der Waals surface area contributed by atoms with E-state index in [4.69, 9.17) is 33.6 Å². The van der Waals surface area contributed by atoms with E-state index in [0.717, 1.165) is 6.20 Å². The van der Waals surface area contributed by atoms with Crippen molar-refractivity contribution in [3.8, 4) is 12.3 Å². The van der Waals surface area contributed by atoms with Gasteiger partial charge in [0, 0.05) is 6.20 Å². The van der Waals surface area contributed by atoms with E-state index in [2.05, 4.69) is 4.98 Å². The van der Waals surface area contributed by atoms with Crippen LogP contribution in [0.5, 0.6) is 0 Å². The predicted octanol–water partition coefficient (Wildman–Crippen LogP) is -1.83. The largest absolute Gasteiger partial charge is 0.390 e. The highest BCUT2D eigenvalue weighted by Crippen LogP contribution is 2.42. The molecule has 0 radical (unpaired) electrons. The van der Waals surface area contributed by atoms with Gasteiger partial charge in [0.05, 0.1) is 5.02 Å². The Morgan fingerprint density at radius 3 is 2.71 bits per heavy atom. The molecule has 1 aromatic heterocycles. The van der Waals surface area contributed by atoms with Crippen LogP contribution in [-0.4, -0.2) is 49.5 Å². The Morgan fingerprint density at radius 2 is 2.24 bits per heavy atom. The van der Waals surface area contributed by atoms with Crippen molar-refractivity contribution < 1.29 is 24.4 Å². The Morgan fingerprint density at radius 1 is 1.62 bits per heavy atom. The van der Waals surface area contributed by atoms with Gasteiger partial charge in [-0.3, -0.25) is 4.57 Å². The van der Waals surface area contributed by atoms with Gasteiger partial charge in [-0.15, -0.1) is 6.42 Å². The fourth-order valence-electron chi connectivity index (χ4n) is 2.01. The van der Waals surface area contributed by atoms with Crippen LogP contribution in [0.4, 0.5) is 10.2 Å². The molecule has 0 spiro atoms. The first-order valence-electron chi connectivity index (χ1n) is 5.61. The number of aromatic nitrogens is 2. The summed E-state index contributed by atoms with van der Waals surface area (Å²) in [5.74, 6) is -1.46. The van der Waals surface area contributed by atoms with Crippen LogP contribution in [0.2, 0.25) is 5.02 Å². The number of aliphatic hydroxyl groups is 3. The van der Waals surface area contributed by atoms with Gasteiger partial charge in [-0.2, -0.15) is 4.98 Å². The molecule has 2 heterocycles. The third-order valence-corrected chi connectivity index (χ3v) is 3.45. The van der Waals surface area contributed by atoms with Crippen LogP contribution in [0.1, 0.15) is 0 Å². The van der Waals surface area contributed by atoms with Gasteiger partial charge in [0.1, 0.15) is 24.6 Å². The summed E-state index contributed by atoms with van der Waals surface area (Å²) in [4.78, 5) is 15.2. The molecule has 0 unspecified atom stereocenters. The number of rotatable bonds is 2. The summed E-state index contributed by atoms with van der Waals surface area (Å²) in [5, 5.41) is 28.4. The van der Waals surface area contributed by atoms with E-state index in [9.17, 15) is 19.4 Å². The number of nitrogen functional groups attached to an aromatic ring is 1. The summed E-state index contributed by atoms with van der Waals surface area (Å²) in [7, 11) is 0. The van der Waals surface area contributed by atoms with Crippen LogP contribution in [0.3, 0.4) is 0 Å². The highest BCUT2D eigenvalue weighted by Gasteiger charge is 2.64. The SMILES string of the molecule is C#C[C@@]1(n2cc(Cl)c(N)nc2=O)O[C@](F)(CO)[C@@H](O)[C@H]1O. The summed E-state index contributed by atoms with van der Waals surface area (Å²) in [6.45, 7) is -1.29. The smallest absolute Gasteiger partial charge is 0.352 e. The maximum absolute atomic E-state index is 14.2. The Bertz CT molecular complexity index is 677. The van der Waals surface area contributed by atoms with E-state index in [-0.39, 0.29) is 10.8 Å². The third-order valence-electron chi connectivity index (χ3n) is 3.16. The zero-order valence-corrected chi connectivity index (χ0v) is 11.2. The lowest BCUT2D eigenvalue weighted by Gasteiger charge is -2.28. The number of alkyl halides is 1. The van der Waals surface area contributed by atoms with Crippen LogP contribution >= 0.6 is 11.6 Å². The fraction of sp³-hybridized carbons (Fsp3) is 0.455. The van der Waals surface area contributed by atoms with Crippen molar-refractivity contribution in [2.45, 2.75) is 23.8 Å². The minimum atomic E-state index is -3.06. The third kappa shape index (κ3) is 2.08. The summed E-state index contributed by atoms with van der Waals surface area (Å²) >= 11 is 5.71. The van der Waals surface area contributed by atoms with Crippen molar-refractivity contribution in [1.82, 2.24) is 9.55 Å². The first kappa shape index (κ1) is 15.7. The standard InChI is InChI=1S/C11H11ClFN3O5/c1-2-11(7(19)6(18)10(13,4-17)21-11)16-3-5(12)8(14)15-9(16)20/h1,3,6-7,17-19H,4H2,(H2,14,15,20)/t6-,7+,10+,11+/m0/s1. The molecule has 0 amide bonds. The van der Waals surface area contributed by atoms with Crippen molar-refractivity contribution in [3.05, 3.63) is 21.7 Å². The zero-order valence-electron chi connectivity index (χ0n) is 10.4. The van der Waals surface area contributed by atoms with E-state index >= 15 is 0 Å². The predicted molar refractivity (Wildman–Crippen MR) is 68.7 cm³/mol. The van der Waals surface area contributed by atoms with E-state index in [1.165, 1.54) is 0 Å². The fourth-order valence-corrected chi connectivity index (χ4v) is 2.15. The lowest BCUT2D eigenvalue weighted by Crippen LogP contribution is -2.49. The van der Waals surface area contributed by atoms with Gasteiger partial charge in [0.25, 0.3) is 5.85 Å². The van der Waals surface area contributed by atoms with E-state index < -0.39 is 36.1 Å². The van der Waals surface area contributed by atoms with Crippen molar-refractivity contribution >= 4 is 17.4 Å². The Kier molecular flexibility index (Phi) is 3.69. The van der Waals surface area contributed by atoms with Gasteiger partial charge >= 0.3 is 5.69 Å². The molecule has 0 bridgehead atoms. The number of hydrogen-bond donors (Lipinski definition) is 4. The van der Waals surface area contributed by atoms with Crippen LogP contribution in [0, 0.1) is 12.3 Å². The Hall–Kier alpha value is -1.70. The second-order valence-corrected chi connectivity index (χ2v) is 4.81. The minimum Gasteiger partial charge on any atom is -0.390 e. The van der Waals surface area contributed by atoms with Crippen molar-refractivity contribution in [2.75, 3.05) is 12.3 Å². The molecule has 0 aromatic carbocycles. The second-order valence-electron chi connectivity index (χ2n) is 4.40. The zero-order chi connectivity index (χ0) is 16.0. The molecule has 1 saturated heterocycles. The van der Waals surface area contributed by atoms with Gasteiger partial charge in [0.15, 0.2) is 0 Å². The number of nitrogens with zero attached hydrogens (tertiary/aromatic N) is 2. The van der Waals surface area contributed by atoms with Crippen LogP contribution < -0.4 is 11.4 Å². The molecule has 4 atom stereocenters. The van der Waals surface area contributed by atoms with Crippen molar-refractivity contribution in [1.29, 1.82) is 0 Å². The summed E-state index contributed by atoms with van der Waals surface area (Å²) in [6.07, 6.45) is 1.87. The maximum Gasteiger partial charge on any atom is 0.352 e. The number of ether oxygens (including phenoxy) is 1. The molecule has 2 rings (SSSR count). The molecule has 5 N–H and O–H groups in total. The highest BCUT2D eigenvalue weighted by atomic mass is 35.5. The van der Waals surface area contributed by atoms with Gasteiger partial charge in [-0.1, -0.05) is 11.6 Å². The topological polar surface area (TPSA) is 131 Å². The highest BCUT2D eigenvalue weighted by molar-refractivity contribution is 6.32. The van der Waals surface area contributed by atoms with E-state index in [1.807, 2.05) is 5.92 Å². The molecule has 8 nitrogen and oxygen atoms in total. The normalized spacial score (nSPS) is 35.6. The molecule has 1 aromatic rings. The molecular weight excluding hydrogens is 309 g/mol. The Balaban J connectivity index is 2.68. The summed E-state index contributed by atoms with van der Waals surface area (Å²) in [5.41, 5.74) is 1.83. The number of hydrogen-bond acceptors (Lipinski definition) is 7. The van der Waals surface area contributed by atoms with Gasteiger partial charge in [-0.05, 0) is 5.92 Å². The van der Waals surface area contributed by atoms with Crippen LogP contribution in [0.25, 0.3) is 0 Å². The van der Waals surface area contributed by atoms with Gasteiger partial charge < -0.3 is 25.8 Å². The molecule has 1 aliphatic rings. The second kappa shape index (κ2) is 4.94. The van der Waals surface area contributed by atoms with Crippen LogP contribution in [0.15, 0.2) is 11.0 Å². The molecule has 114 valence electrons. The first-order valence-corrected chi connectivity index (χ1v) is 5.98. The average Bonchev–Trinajstić information content (AvgIpc) is 2.65. The van der Waals surface area contributed by atoms with Crippen molar-refractivity contribution in [3.63, 3.8) is 0 Å². The summed E-state index contributed by atoms with van der Waals surface area (Å²) < 4.78 is 19.5. The van der Waals surface area contributed by atoms with Crippen molar-refractivity contribution in [2.24, 2.45) is 0 Å². The molecule has 10 heteroatoms. The quantitative estimate of drug-likeness (QED) is 0.472. The number of nitrogens with two attached hydrogens (primary N) is 1. The molecule has 21 heavy (non-hydrogen) atoms. The number of halogens is 2. The minimum absolute atomic E-state index is 0.199. The lowest BCUT2D eigenvalue weighted by atomic mass is 10.0. The molecular formula is C11H11ClFN3O5. The Labute approximate surface area is 122 Å². The van der Waals surface area contributed by atoms with Gasteiger partial charge in [-0.25, -0.2) is 9.18 Å². The number of terminal acetylenes is 1. The van der Waals surface area contributed by atoms with E-state index in [0.29, 0.717) is 4.57 Å².